The lowest BCUT2D eigenvalue weighted by Gasteiger charge is -2.14. The van der Waals surface area contributed by atoms with Crippen molar-refractivity contribution in [1.29, 1.82) is 0 Å². The van der Waals surface area contributed by atoms with Crippen molar-refractivity contribution < 1.29 is 4.42 Å². The molecule has 174 valence electrons. The lowest BCUT2D eigenvalue weighted by molar-refractivity contribution is 0.669. The van der Waals surface area contributed by atoms with E-state index in [9.17, 15) is 4.79 Å². The van der Waals surface area contributed by atoms with E-state index in [0.29, 0.717) is 5.65 Å². The molecule has 0 spiro atoms. The topological polar surface area (TPSA) is 52.4 Å². The van der Waals surface area contributed by atoms with Crippen molar-refractivity contribution in [2.45, 2.75) is 0 Å². The van der Waals surface area contributed by atoms with Crippen molar-refractivity contribution in [3.05, 3.63) is 126 Å². The molecular formula is C32H19N3O2. The van der Waals surface area contributed by atoms with E-state index in [0.717, 1.165) is 60.8 Å². The van der Waals surface area contributed by atoms with Crippen molar-refractivity contribution >= 4 is 49.7 Å². The van der Waals surface area contributed by atoms with Crippen LogP contribution >= 0.6 is 0 Å². The number of furan rings is 1. The highest BCUT2D eigenvalue weighted by Gasteiger charge is 2.18. The minimum atomic E-state index is -0.148. The van der Waals surface area contributed by atoms with Crippen molar-refractivity contribution in [3.63, 3.8) is 0 Å². The highest BCUT2D eigenvalue weighted by molar-refractivity contribution is 6.12. The molecule has 0 saturated carbocycles. The molecule has 5 nitrogen and oxygen atoms in total. The second-order valence-corrected chi connectivity index (χ2v) is 9.22. The van der Waals surface area contributed by atoms with Gasteiger partial charge in [-0.1, -0.05) is 66.7 Å². The summed E-state index contributed by atoms with van der Waals surface area (Å²) in [6.45, 7) is 0. The third-order valence-corrected chi connectivity index (χ3v) is 7.14. The van der Waals surface area contributed by atoms with Crippen LogP contribution < -0.4 is 5.56 Å². The van der Waals surface area contributed by atoms with E-state index in [1.165, 1.54) is 0 Å². The molecule has 0 fully saturated rings. The van der Waals surface area contributed by atoms with E-state index in [1.54, 1.807) is 4.57 Å². The fourth-order valence-corrected chi connectivity index (χ4v) is 5.53. The van der Waals surface area contributed by atoms with E-state index in [-0.39, 0.29) is 5.56 Å². The number of aromatic nitrogens is 3. The normalized spacial score (nSPS) is 11.9. The van der Waals surface area contributed by atoms with Crippen molar-refractivity contribution in [1.82, 2.24) is 14.0 Å². The van der Waals surface area contributed by atoms with Gasteiger partial charge in [0.15, 0.2) is 0 Å². The Labute approximate surface area is 210 Å². The van der Waals surface area contributed by atoms with Gasteiger partial charge >= 0.3 is 0 Å². The third kappa shape index (κ3) is 2.79. The predicted octanol–water partition coefficient (Wildman–Crippen LogP) is 7.36. The van der Waals surface area contributed by atoms with Crippen molar-refractivity contribution in [2.75, 3.05) is 0 Å². The van der Waals surface area contributed by atoms with E-state index in [2.05, 4.69) is 24.3 Å². The summed E-state index contributed by atoms with van der Waals surface area (Å²) in [7, 11) is 0. The molecule has 3 aromatic heterocycles. The minimum Gasteiger partial charge on any atom is -0.456 e. The number of imidazole rings is 1. The van der Waals surface area contributed by atoms with Crippen LogP contribution in [0.5, 0.6) is 0 Å². The Morgan fingerprint density at radius 1 is 0.649 bits per heavy atom. The summed E-state index contributed by atoms with van der Waals surface area (Å²) >= 11 is 0. The van der Waals surface area contributed by atoms with E-state index in [1.807, 2.05) is 95.4 Å². The van der Waals surface area contributed by atoms with Gasteiger partial charge in [0.25, 0.3) is 5.56 Å². The number of benzene rings is 5. The van der Waals surface area contributed by atoms with Crippen LogP contribution in [-0.4, -0.2) is 14.0 Å². The highest BCUT2D eigenvalue weighted by Crippen LogP contribution is 2.37. The zero-order valence-corrected chi connectivity index (χ0v) is 19.6. The number of para-hydroxylation sites is 4. The molecule has 0 amide bonds. The van der Waals surface area contributed by atoms with Crippen LogP contribution in [0.4, 0.5) is 0 Å². The van der Waals surface area contributed by atoms with Crippen LogP contribution in [0, 0.1) is 0 Å². The maximum atomic E-state index is 13.8. The second kappa shape index (κ2) is 7.42. The summed E-state index contributed by atoms with van der Waals surface area (Å²) < 4.78 is 9.90. The Balaban J connectivity index is 1.54. The third-order valence-electron chi connectivity index (χ3n) is 7.14. The average molecular weight is 478 g/mol. The standard InChI is InChI=1S/C32H19N3O2/c36-32-31-33-24-13-5-6-14-25(24)35(31)27-19-20(17-18-26(27)34(32)21-9-2-1-3-10-21)22-12-8-16-29-30(22)23-11-4-7-15-28(23)37-29/h1-19H. The van der Waals surface area contributed by atoms with E-state index < -0.39 is 0 Å². The SMILES string of the molecule is O=c1c2nc3ccccc3n2c2cc(-c3cccc4oc5ccccc5c34)ccc2n1-c1ccccc1. The van der Waals surface area contributed by atoms with Gasteiger partial charge in [-0.3, -0.25) is 13.8 Å². The van der Waals surface area contributed by atoms with Crippen LogP contribution in [0.1, 0.15) is 0 Å². The molecule has 3 heterocycles. The molecule has 0 saturated heterocycles. The van der Waals surface area contributed by atoms with Gasteiger partial charge in [0.2, 0.25) is 5.65 Å². The first kappa shape index (κ1) is 20.1. The largest absolute Gasteiger partial charge is 0.456 e. The van der Waals surface area contributed by atoms with Crippen LogP contribution in [0.3, 0.4) is 0 Å². The first-order valence-corrected chi connectivity index (χ1v) is 12.2. The molecule has 8 aromatic rings. The molecule has 5 aromatic carbocycles. The first-order chi connectivity index (χ1) is 18.3. The minimum absolute atomic E-state index is 0.148. The van der Waals surface area contributed by atoms with Crippen molar-refractivity contribution in [3.8, 4) is 16.8 Å². The van der Waals surface area contributed by atoms with Gasteiger partial charge in [-0.05, 0) is 59.7 Å². The Morgan fingerprint density at radius 2 is 1.43 bits per heavy atom. The Bertz CT molecular complexity index is 2220. The smallest absolute Gasteiger partial charge is 0.299 e. The number of hydrogen-bond donors (Lipinski definition) is 0. The summed E-state index contributed by atoms with van der Waals surface area (Å²) in [4.78, 5) is 18.6. The zero-order valence-electron chi connectivity index (χ0n) is 19.6. The van der Waals surface area contributed by atoms with Crippen LogP contribution in [-0.2, 0) is 0 Å². The molecule has 0 atom stereocenters. The maximum absolute atomic E-state index is 13.8. The van der Waals surface area contributed by atoms with Crippen LogP contribution in [0.15, 0.2) is 124 Å². The van der Waals surface area contributed by atoms with Gasteiger partial charge in [-0.25, -0.2) is 4.98 Å². The average Bonchev–Trinajstić information content (AvgIpc) is 3.53. The lowest BCUT2D eigenvalue weighted by Crippen LogP contribution is -2.21. The van der Waals surface area contributed by atoms with E-state index >= 15 is 0 Å². The number of nitrogens with zero attached hydrogens (tertiary/aromatic N) is 3. The number of rotatable bonds is 2. The van der Waals surface area contributed by atoms with Crippen LogP contribution in [0.25, 0.3) is 66.5 Å². The monoisotopic (exact) mass is 477 g/mol. The van der Waals surface area contributed by atoms with Gasteiger partial charge in [0.05, 0.1) is 22.1 Å². The van der Waals surface area contributed by atoms with Gasteiger partial charge in [-0.2, -0.15) is 0 Å². The molecule has 5 heteroatoms. The lowest BCUT2D eigenvalue weighted by atomic mass is 9.99. The molecule has 37 heavy (non-hydrogen) atoms. The molecule has 0 aliphatic rings. The second-order valence-electron chi connectivity index (χ2n) is 9.22. The number of fused-ring (bicyclic) bond motifs is 8. The van der Waals surface area contributed by atoms with Gasteiger partial charge in [-0.15, -0.1) is 0 Å². The summed E-state index contributed by atoms with van der Waals surface area (Å²) in [6.07, 6.45) is 0. The van der Waals surface area contributed by atoms with Gasteiger partial charge in [0.1, 0.15) is 11.2 Å². The molecule has 0 unspecified atom stereocenters. The maximum Gasteiger partial charge on any atom is 0.299 e. The Hall–Kier alpha value is -5.16. The molecule has 0 N–H and O–H groups in total. The fourth-order valence-electron chi connectivity index (χ4n) is 5.53. The molecule has 0 aliphatic carbocycles. The quantitative estimate of drug-likeness (QED) is 0.261. The summed E-state index contributed by atoms with van der Waals surface area (Å²) in [6, 6.07) is 38.2. The molecule has 0 bridgehead atoms. The summed E-state index contributed by atoms with van der Waals surface area (Å²) in [5.74, 6) is 0. The molecular weight excluding hydrogens is 458 g/mol. The highest BCUT2D eigenvalue weighted by atomic mass is 16.3. The predicted molar refractivity (Wildman–Crippen MR) is 149 cm³/mol. The molecule has 0 radical (unpaired) electrons. The molecule has 8 rings (SSSR count). The van der Waals surface area contributed by atoms with Crippen molar-refractivity contribution in [2.24, 2.45) is 0 Å². The van der Waals surface area contributed by atoms with E-state index in [4.69, 9.17) is 9.40 Å². The number of hydrogen-bond acceptors (Lipinski definition) is 3. The Kier molecular flexibility index (Phi) is 4.03. The Morgan fingerprint density at radius 3 is 2.35 bits per heavy atom. The van der Waals surface area contributed by atoms with Gasteiger partial charge < -0.3 is 4.42 Å². The zero-order chi connectivity index (χ0) is 24.5. The van der Waals surface area contributed by atoms with Gasteiger partial charge in [0, 0.05) is 16.5 Å². The fraction of sp³-hybridized carbons (Fsp3) is 0. The van der Waals surface area contributed by atoms with Crippen LogP contribution in [0.2, 0.25) is 0 Å². The molecule has 0 aliphatic heterocycles. The summed E-state index contributed by atoms with van der Waals surface area (Å²) in [5, 5.41) is 2.17. The summed E-state index contributed by atoms with van der Waals surface area (Å²) in [5.41, 5.74) is 8.34. The first-order valence-electron chi connectivity index (χ1n) is 12.2.